The number of fused-ring (bicyclic) bond motifs is 2. The van der Waals surface area contributed by atoms with Gasteiger partial charge in [-0.3, -0.25) is 14.9 Å². The van der Waals surface area contributed by atoms with Gasteiger partial charge in [-0.05, 0) is 153 Å². The van der Waals surface area contributed by atoms with E-state index in [9.17, 15) is 37.8 Å². The van der Waals surface area contributed by atoms with E-state index in [0.717, 1.165) is 44.2 Å². The fourth-order valence-electron chi connectivity index (χ4n) is 7.61. The molecule has 9 rings (SSSR count). The van der Waals surface area contributed by atoms with Gasteiger partial charge in [-0.1, -0.05) is 84.0 Å². The molecule has 0 aliphatic carbocycles. The molecule has 0 aliphatic rings. The van der Waals surface area contributed by atoms with Gasteiger partial charge in [-0.15, -0.1) is 10.2 Å². The number of carbonyl (C=O) groups excluding carboxylic acids is 3. The molecule has 0 aliphatic heterocycles. The number of anilines is 2. The number of benzene rings is 9. The summed E-state index contributed by atoms with van der Waals surface area (Å²) in [6, 6.07) is 48.4. The van der Waals surface area contributed by atoms with Crippen molar-refractivity contribution in [3.05, 3.63) is 213 Å². The van der Waals surface area contributed by atoms with E-state index in [-0.39, 0.29) is 46.5 Å². The molecular weight excluding hydrogens is 1080 g/mol. The molecular formula is C56H38F3IN8O7. The van der Waals surface area contributed by atoms with Crippen LogP contribution in [0.2, 0.25) is 0 Å². The van der Waals surface area contributed by atoms with Crippen LogP contribution in [-0.2, 0) is 22.5 Å². The maximum Gasteiger partial charge on any atom is 0.416 e. The highest BCUT2D eigenvalue weighted by Crippen LogP contribution is 2.39. The lowest BCUT2D eigenvalue weighted by Gasteiger charge is -2.09. The Bertz CT molecular complexity index is 3710. The quantitative estimate of drug-likeness (QED) is 0.0166. The number of nitrogens with one attached hydrogen (secondary N) is 3. The molecule has 3 amide bonds. The molecule has 0 fully saturated rings. The van der Waals surface area contributed by atoms with Crippen molar-refractivity contribution in [2.24, 2.45) is 25.6 Å². The molecule has 0 spiro atoms. The first-order valence-electron chi connectivity index (χ1n) is 22.5. The van der Waals surface area contributed by atoms with Gasteiger partial charge >= 0.3 is 12.2 Å². The number of ketones is 1. The summed E-state index contributed by atoms with van der Waals surface area (Å²) in [6.45, 7) is 0.0358. The van der Waals surface area contributed by atoms with Crippen molar-refractivity contribution in [2.75, 3.05) is 10.8 Å². The number of oxime groups is 1. The SMILES string of the molecule is O=C(NC(=O)c1ccc2c(N=Nc3ccc(-c4ccc(C(=O)c5ccc(N=Nc6c(O)ccc7cc(CO/N=C/ONc8cccc(C(F)(F)F)c8)ccc67)cc5)cc4)cc3)c(O)ccc2c1)Nc1cccc(I)c1. The lowest BCUT2D eigenvalue weighted by Crippen LogP contribution is -2.34. The van der Waals surface area contributed by atoms with Crippen molar-refractivity contribution in [1.82, 2.24) is 5.32 Å². The first kappa shape index (κ1) is 50.4. The molecule has 0 saturated carbocycles. The van der Waals surface area contributed by atoms with E-state index >= 15 is 0 Å². The highest BCUT2D eigenvalue weighted by molar-refractivity contribution is 14.1. The second-order valence-electron chi connectivity index (χ2n) is 16.5. The molecule has 0 aromatic heterocycles. The number of azo groups is 2. The van der Waals surface area contributed by atoms with Gasteiger partial charge in [-0.25, -0.2) is 10.3 Å². The van der Waals surface area contributed by atoms with E-state index in [1.165, 1.54) is 30.3 Å². The van der Waals surface area contributed by atoms with Crippen molar-refractivity contribution >= 4 is 102 Å². The molecule has 0 atom stereocenters. The molecule has 75 heavy (non-hydrogen) atoms. The second kappa shape index (κ2) is 22.5. The number of alkyl halides is 3. The Labute approximate surface area is 438 Å². The van der Waals surface area contributed by atoms with E-state index in [1.807, 2.05) is 36.4 Å². The van der Waals surface area contributed by atoms with Crippen molar-refractivity contribution < 1.29 is 47.4 Å². The number of hydrogen-bond acceptors (Lipinski definition) is 13. The molecule has 15 nitrogen and oxygen atoms in total. The summed E-state index contributed by atoms with van der Waals surface area (Å²) in [5.41, 5.74) is 7.13. The van der Waals surface area contributed by atoms with E-state index in [4.69, 9.17) is 9.68 Å². The average Bonchev–Trinajstić information content (AvgIpc) is 3.41. The van der Waals surface area contributed by atoms with Gasteiger partial charge in [0.25, 0.3) is 5.91 Å². The fraction of sp³-hybridized carbons (Fsp3) is 0.0357. The molecule has 9 aromatic rings. The summed E-state index contributed by atoms with van der Waals surface area (Å²) in [7, 11) is 0. The Morgan fingerprint density at radius 2 is 1.15 bits per heavy atom. The van der Waals surface area contributed by atoms with Gasteiger partial charge < -0.3 is 25.2 Å². The van der Waals surface area contributed by atoms with E-state index in [1.54, 1.807) is 103 Å². The van der Waals surface area contributed by atoms with Crippen LogP contribution < -0.4 is 16.1 Å². The van der Waals surface area contributed by atoms with Crippen molar-refractivity contribution in [1.29, 1.82) is 0 Å². The standard InChI is InChI=1S/C56H38F3IN8O7/c57-56(58,59)41-3-1-6-46(29-41)68-75-32-61-74-31-33-7-23-47-38(27-33)17-25-49(69)51(47)66-65-44-21-14-37(15-22-44)53(71)36-10-8-34(9-11-36)35-12-19-43(20-13-35)64-67-52-48-24-16-40(28-39(48)18-26-50(52)70)54(72)63-55(73)62-45-5-2-4-42(60)30-45/h1-30,32,68-70H,31H2,(H2,62,63,72,73)/b61-32+,66-65?,67-64?. The van der Waals surface area contributed by atoms with Crippen LogP contribution in [0.4, 0.5) is 52.1 Å². The van der Waals surface area contributed by atoms with Crippen LogP contribution in [0, 0.1) is 3.57 Å². The van der Waals surface area contributed by atoms with Gasteiger partial charge in [0, 0.05) is 36.7 Å². The third-order valence-electron chi connectivity index (χ3n) is 11.4. The Morgan fingerprint density at radius 1 is 0.587 bits per heavy atom. The van der Waals surface area contributed by atoms with Crippen LogP contribution >= 0.6 is 22.6 Å². The van der Waals surface area contributed by atoms with Crippen LogP contribution in [0.25, 0.3) is 32.7 Å². The predicted molar refractivity (Wildman–Crippen MR) is 286 cm³/mol. The molecule has 0 saturated heterocycles. The van der Waals surface area contributed by atoms with Crippen LogP contribution in [0.1, 0.15) is 37.4 Å². The van der Waals surface area contributed by atoms with Crippen LogP contribution in [0.5, 0.6) is 11.5 Å². The minimum absolute atomic E-state index is 0.0358. The Hall–Kier alpha value is -9.50. The summed E-state index contributed by atoms with van der Waals surface area (Å²) in [5, 5.41) is 49.8. The molecule has 0 unspecified atom stereocenters. The average molecular weight is 1120 g/mol. The zero-order chi connectivity index (χ0) is 52.5. The maximum atomic E-state index is 13.5. The van der Waals surface area contributed by atoms with Crippen molar-refractivity contribution in [3.63, 3.8) is 0 Å². The third-order valence-corrected chi connectivity index (χ3v) is 12.0. The van der Waals surface area contributed by atoms with Gasteiger partial charge in [0.2, 0.25) is 6.40 Å². The van der Waals surface area contributed by atoms with E-state index in [0.29, 0.717) is 44.3 Å². The van der Waals surface area contributed by atoms with Crippen LogP contribution in [-0.4, -0.2) is 34.3 Å². The number of hydrogen-bond donors (Lipinski definition) is 5. The summed E-state index contributed by atoms with van der Waals surface area (Å²) >= 11 is 2.12. The Morgan fingerprint density at radius 3 is 1.79 bits per heavy atom. The number of carbonyl (C=O) groups is 3. The normalized spacial score (nSPS) is 11.6. The van der Waals surface area contributed by atoms with Gasteiger partial charge in [-0.2, -0.15) is 23.4 Å². The number of imide groups is 1. The highest BCUT2D eigenvalue weighted by Gasteiger charge is 2.30. The molecule has 0 heterocycles. The smallest absolute Gasteiger partial charge is 0.416 e. The van der Waals surface area contributed by atoms with E-state index in [2.05, 4.69) is 64.3 Å². The van der Waals surface area contributed by atoms with Crippen LogP contribution in [0.15, 0.2) is 208 Å². The lowest BCUT2D eigenvalue weighted by atomic mass is 9.99. The summed E-state index contributed by atoms with van der Waals surface area (Å²) in [6.07, 6.45) is -3.58. The molecule has 5 N–H and O–H groups in total. The number of rotatable bonds is 15. The van der Waals surface area contributed by atoms with Gasteiger partial charge in [0.15, 0.2) is 5.78 Å². The van der Waals surface area contributed by atoms with Crippen molar-refractivity contribution in [3.8, 4) is 22.6 Å². The largest absolute Gasteiger partial charge is 0.506 e. The predicted octanol–water partition coefficient (Wildman–Crippen LogP) is 15.2. The molecule has 372 valence electrons. The van der Waals surface area contributed by atoms with Crippen LogP contribution in [0.3, 0.4) is 0 Å². The van der Waals surface area contributed by atoms with Gasteiger partial charge in [0.05, 0.1) is 22.6 Å². The topological polar surface area (TPSA) is 208 Å². The maximum absolute atomic E-state index is 13.5. The fourth-order valence-corrected chi connectivity index (χ4v) is 8.15. The molecule has 0 bridgehead atoms. The summed E-state index contributed by atoms with van der Waals surface area (Å²) < 4.78 is 39.7. The summed E-state index contributed by atoms with van der Waals surface area (Å²) in [5.74, 6) is -1.00. The monoisotopic (exact) mass is 1120 g/mol. The zero-order valence-corrected chi connectivity index (χ0v) is 40.9. The first-order valence-corrected chi connectivity index (χ1v) is 23.6. The summed E-state index contributed by atoms with van der Waals surface area (Å²) in [4.78, 5) is 49.1. The highest BCUT2D eigenvalue weighted by atomic mass is 127. The molecule has 9 aromatic carbocycles. The molecule has 0 radical (unpaired) electrons. The van der Waals surface area contributed by atoms with E-state index < -0.39 is 23.7 Å². The van der Waals surface area contributed by atoms with Crippen molar-refractivity contribution in [2.45, 2.75) is 12.8 Å². The minimum Gasteiger partial charge on any atom is -0.506 e. The Kier molecular flexibility index (Phi) is 15.1. The number of nitrogens with zero attached hydrogens (tertiary/aromatic N) is 5. The lowest BCUT2D eigenvalue weighted by molar-refractivity contribution is -0.137. The second-order valence-corrected chi connectivity index (χ2v) is 17.7. The number of phenolic OH excluding ortho intramolecular Hbond substituents is 2. The number of phenols is 2. The molecule has 19 heteroatoms. The number of halogens is 4. The zero-order valence-electron chi connectivity index (χ0n) is 38.8. The minimum atomic E-state index is -4.49. The third kappa shape index (κ3) is 12.6. The Balaban J connectivity index is 0.777. The number of aromatic hydroxyl groups is 2. The first-order chi connectivity index (χ1) is 36.2. The number of urea groups is 1. The van der Waals surface area contributed by atoms with Gasteiger partial charge in [0.1, 0.15) is 29.5 Å². The number of amides is 3.